The molecule has 0 aliphatic carbocycles. The lowest BCUT2D eigenvalue weighted by molar-refractivity contribution is -0.144. The number of aryl methyl sites for hydroxylation is 1. The Morgan fingerprint density at radius 3 is 2.67 bits per heavy atom. The first-order chi connectivity index (χ1) is 13.0. The number of nitrogens with one attached hydrogen (secondary N) is 2. The summed E-state index contributed by atoms with van der Waals surface area (Å²) in [7, 11) is 3.08. The number of hydrogen-bond acceptors (Lipinski definition) is 5. The Kier molecular flexibility index (Phi) is 10.9. The normalized spacial score (nSPS) is 12.4. The quantitative estimate of drug-likeness (QED) is 0.266. The van der Waals surface area contributed by atoms with Crippen LogP contribution in [0.1, 0.15) is 31.4 Å². The molecule has 152 valence electrons. The van der Waals surface area contributed by atoms with Crippen molar-refractivity contribution in [3.05, 3.63) is 29.3 Å². The van der Waals surface area contributed by atoms with Gasteiger partial charge in [0, 0.05) is 38.8 Å². The van der Waals surface area contributed by atoms with Crippen LogP contribution in [0.2, 0.25) is 0 Å². The molecule has 0 fully saturated rings. The van der Waals surface area contributed by atoms with Gasteiger partial charge in [-0.25, -0.2) is 4.99 Å². The van der Waals surface area contributed by atoms with Crippen molar-refractivity contribution in [3.63, 3.8) is 0 Å². The first-order valence-corrected chi connectivity index (χ1v) is 9.33. The predicted octanol–water partition coefficient (Wildman–Crippen LogP) is 2.27. The van der Waals surface area contributed by atoms with Gasteiger partial charge >= 0.3 is 5.97 Å². The maximum Gasteiger partial charge on any atom is 0.310 e. The first kappa shape index (κ1) is 22.8. The molecule has 0 aliphatic heterocycles. The van der Waals surface area contributed by atoms with E-state index >= 15 is 0 Å². The molecule has 27 heavy (non-hydrogen) atoms. The van der Waals surface area contributed by atoms with E-state index in [0.717, 1.165) is 29.8 Å². The molecule has 0 bridgehead atoms. The molecule has 7 heteroatoms. The van der Waals surface area contributed by atoms with Crippen LogP contribution in [0.25, 0.3) is 0 Å². The van der Waals surface area contributed by atoms with E-state index in [1.165, 1.54) is 7.11 Å². The van der Waals surface area contributed by atoms with Gasteiger partial charge in [-0.3, -0.25) is 4.79 Å². The van der Waals surface area contributed by atoms with Gasteiger partial charge < -0.3 is 24.8 Å². The van der Waals surface area contributed by atoms with Gasteiger partial charge in [-0.2, -0.15) is 0 Å². The predicted molar refractivity (Wildman–Crippen MR) is 107 cm³/mol. The molecule has 1 atom stereocenters. The summed E-state index contributed by atoms with van der Waals surface area (Å²) in [4.78, 5) is 16.2. The summed E-state index contributed by atoms with van der Waals surface area (Å²) in [6.45, 7) is 8.77. The van der Waals surface area contributed by atoms with Gasteiger partial charge in [-0.05, 0) is 25.5 Å². The van der Waals surface area contributed by atoms with Gasteiger partial charge in [-0.15, -0.1) is 0 Å². The van der Waals surface area contributed by atoms with Crippen LogP contribution in [0, 0.1) is 12.8 Å². The lowest BCUT2D eigenvalue weighted by atomic mass is 10.1. The Morgan fingerprint density at radius 2 is 2.00 bits per heavy atom. The van der Waals surface area contributed by atoms with E-state index < -0.39 is 0 Å². The highest BCUT2D eigenvalue weighted by atomic mass is 16.5. The summed E-state index contributed by atoms with van der Waals surface area (Å²) in [6, 6.07) is 6.11. The molecule has 0 aliphatic rings. The van der Waals surface area contributed by atoms with Crippen molar-refractivity contribution < 1.29 is 19.0 Å². The fourth-order valence-corrected chi connectivity index (χ4v) is 2.35. The molecular formula is C20H33N3O4. The molecule has 1 unspecified atom stereocenters. The molecule has 1 aromatic rings. The third-order valence-corrected chi connectivity index (χ3v) is 3.90. The number of nitrogens with zero attached hydrogens (tertiary/aromatic N) is 1. The van der Waals surface area contributed by atoms with E-state index in [1.807, 2.05) is 39.0 Å². The van der Waals surface area contributed by atoms with E-state index in [9.17, 15) is 4.79 Å². The zero-order valence-electron chi connectivity index (χ0n) is 17.1. The van der Waals surface area contributed by atoms with Gasteiger partial charge in [0.05, 0.1) is 26.2 Å². The highest BCUT2D eigenvalue weighted by Crippen LogP contribution is 2.21. The zero-order chi connectivity index (χ0) is 20.1. The molecule has 2 N–H and O–H groups in total. The Balaban J connectivity index is 2.75. The van der Waals surface area contributed by atoms with Crippen LogP contribution in [0.3, 0.4) is 0 Å². The number of hydrogen-bond donors (Lipinski definition) is 2. The fourth-order valence-electron chi connectivity index (χ4n) is 2.35. The Labute approximate surface area is 162 Å². The summed E-state index contributed by atoms with van der Waals surface area (Å²) < 4.78 is 15.7. The maximum atomic E-state index is 11.5. The summed E-state index contributed by atoms with van der Waals surface area (Å²) in [5.74, 6) is 0.995. The van der Waals surface area contributed by atoms with E-state index in [4.69, 9.17) is 14.2 Å². The van der Waals surface area contributed by atoms with Crippen molar-refractivity contribution in [1.29, 1.82) is 0 Å². The maximum absolute atomic E-state index is 11.5. The number of rotatable bonds is 11. The summed E-state index contributed by atoms with van der Waals surface area (Å²) in [5.41, 5.74) is 2.15. The standard InChI is InChI=1S/C20H33N3O4/c1-6-21-20(22-13-16(3)19(24)26-5)23-14-17-9-8-15(2)12-18(17)27-11-7-10-25-4/h8-9,12,16H,6-7,10-11,13-14H2,1-5H3,(H2,21,22,23). The first-order valence-electron chi connectivity index (χ1n) is 9.33. The fraction of sp³-hybridized carbons (Fsp3) is 0.600. The summed E-state index contributed by atoms with van der Waals surface area (Å²) >= 11 is 0. The van der Waals surface area contributed by atoms with Crippen LogP contribution < -0.4 is 15.4 Å². The largest absolute Gasteiger partial charge is 0.493 e. The molecular weight excluding hydrogens is 346 g/mol. The van der Waals surface area contributed by atoms with Gasteiger partial charge in [0.2, 0.25) is 0 Å². The SMILES string of the molecule is CCNC(=NCc1ccc(C)cc1OCCCOC)NCC(C)C(=O)OC. The van der Waals surface area contributed by atoms with Gasteiger partial charge in [-0.1, -0.05) is 19.1 Å². The highest BCUT2D eigenvalue weighted by molar-refractivity contribution is 5.80. The molecule has 0 aromatic heterocycles. The van der Waals surface area contributed by atoms with Gasteiger partial charge in [0.15, 0.2) is 5.96 Å². The molecule has 1 aromatic carbocycles. The average Bonchev–Trinajstić information content (AvgIpc) is 2.67. The summed E-state index contributed by atoms with van der Waals surface area (Å²) in [6.07, 6.45) is 0.836. The second-order valence-electron chi connectivity index (χ2n) is 6.31. The van der Waals surface area contributed by atoms with Gasteiger partial charge in [0.25, 0.3) is 0 Å². The highest BCUT2D eigenvalue weighted by Gasteiger charge is 2.13. The van der Waals surface area contributed by atoms with Crippen molar-refractivity contribution in [2.24, 2.45) is 10.9 Å². The Bertz CT molecular complexity index is 605. The van der Waals surface area contributed by atoms with E-state index in [1.54, 1.807) is 7.11 Å². The monoisotopic (exact) mass is 379 g/mol. The van der Waals surface area contributed by atoms with E-state index in [0.29, 0.717) is 32.3 Å². The topological polar surface area (TPSA) is 81.2 Å². The Morgan fingerprint density at radius 1 is 1.22 bits per heavy atom. The molecule has 0 saturated heterocycles. The number of esters is 1. The second kappa shape index (κ2) is 13.0. The number of guanidine groups is 1. The number of ether oxygens (including phenoxy) is 3. The van der Waals surface area contributed by atoms with Crippen LogP contribution in [0.4, 0.5) is 0 Å². The third-order valence-electron chi connectivity index (χ3n) is 3.90. The molecule has 0 amide bonds. The Hall–Kier alpha value is -2.28. The number of methoxy groups -OCH3 is 2. The van der Waals surface area contributed by atoms with Crippen LogP contribution in [0.15, 0.2) is 23.2 Å². The zero-order valence-corrected chi connectivity index (χ0v) is 17.1. The molecule has 0 heterocycles. The second-order valence-corrected chi connectivity index (χ2v) is 6.31. The minimum Gasteiger partial charge on any atom is -0.493 e. The number of benzene rings is 1. The molecule has 0 radical (unpaired) electrons. The van der Waals surface area contributed by atoms with Crippen molar-refractivity contribution in [2.45, 2.75) is 33.7 Å². The van der Waals surface area contributed by atoms with E-state index in [2.05, 4.69) is 15.6 Å². The van der Waals surface area contributed by atoms with Crippen LogP contribution >= 0.6 is 0 Å². The molecule has 7 nitrogen and oxygen atoms in total. The third kappa shape index (κ3) is 8.77. The van der Waals surface area contributed by atoms with Crippen molar-refractivity contribution in [3.8, 4) is 5.75 Å². The van der Waals surface area contributed by atoms with Gasteiger partial charge in [0.1, 0.15) is 5.75 Å². The molecule has 1 rings (SSSR count). The number of aliphatic imine (C=N–C) groups is 1. The lowest BCUT2D eigenvalue weighted by Gasteiger charge is -2.15. The van der Waals surface area contributed by atoms with E-state index in [-0.39, 0.29) is 11.9 Å². The van der Waals surface area contributed by atoms with Crippen molar-refractivity contribution in [1.82, 2.24) is 10.6 Å². The molecule has 0 saturated carbocycles. The molecule has 0 spiro atoms. The smallest absolute Gasteiger partial charge is 0.310 e. The minimum atomic E-state index is -0.252. The minimum absolute atomic E-state index is 0.247. The lowest BCUT2D eigenvalue weighted by Crippen LogP contribution is -2.40. The van der Waals surface area contributed by atoms with Crippen LogP contribution in [0.5, 0.6) is 5.75 Å². The van der Waals surface area contributed by atoms with Crippen molar-refractivity contribution in [2.75, 3.05) is 40.5 Å². The van der Waals surface area contributed by atoms with Crippen LogP contribution in [-0.4, -0.2) is 52.5 Å². The average molecular weight is 380 g/mol. The van der Waals surface area contributed by atoms with Crippen LogP contribution in [-0.2, 0) is 20.8 Å². The summed E-state index contributed by atoms with van der Waals surface area (Å²) in [5, 5.41) is 6.36. The number of carbonyl (C=O) groups is 1. The number of carbonyl (C=O) groups excluding carboxylic acids is 1. The van der Waals surface area contributed by atoms with Crippen molar-refractivity contribution >= 4 is 11.9 Å².